The van der Waals surface area contributed by atoms with Gasteiger partial charge in [-0.1, -0.05) is 13.8 Å². The average molecular weight is 269 g/mol. The molecule has 0 aliphatic carbocycles. The number of ether oxygens (including phenoxy) is 1. The van der Waals surface area contributed by atoms with Crippen LogP contribution in [0.15, 0.2) is 16.9 Å². The van der Waals surface area contributed by atoms with Crippen molar-refractivity contribution < 1.29 is 19.7 Å². The molecule has 0 aliphatic rings. The number of aromatic nitrogens is 1. The van der Waals surface area contributed by atoms with Gasteiger partial charge in [0.05, 0.1) is 12.6 Å². The molecule has 1 aromatic rings. The van der Waals surface area contributed by atoms with E-state index in [4.69, 9.17) is 9.84 Å². The molecule has 0 fully saturated rings. The van der Waals surface area contributed by atoms with Gasteiger partial charge in [-0.05, 0) is 12.8 Å². The molecule has 0 saturated heterocycles. The van der Waals surface area contributed by atoms with Gasteiger partial charge in [-0.15, -0.1) is 0 Å². The molecule has 19 heavy (non-hydrogen) atoms. The molecule has 106 valence electrons. The van der Waals surface area contributed by atoms with Gasteiger partial charge in [-0.2, -0.15) is 0 Å². The predicted octanol–water partition coefficient (Wildman–Crippen LogP) is 1.49. The third-order valence-corrected chi connectivity index (χ3v) is 2.87. The third-order valence-electron chi connectivity index (χ3n) is 2.87. The van der Waals surface area contributed by atoms with Crippen molar-refractivity contribution in [2.24, 2.45) is 5.92 Å². The Morgan fingerprint density at radius 2 is 2.05 bits per heavy atom. The van der Waals surface area contributed by atoms with Gasteiger partial charge in [0, 0.05) is 18.7 Å². The first-order valence-corrected chi connectivity index (χ1v) is 6.15. The lowest BCUT2D eigenvalue weighted by molar-refractivity contribution is 0.0652. The molecule has 6 heteroatoms. The van der Waals surface area contributed by atoms with Crippen molar-refractivity contribution in [1.29, 1.82) is 0 Å². The van der Waals surface area contributed by atoms with Gasteiger partial charge in [0.15, 0.2) is 0 Å². The Morgan fingerprint density at radius 3 is 2.53 bits per heavy atom. The van der Waals surface area contributed by atoms with Crippen LogP contribution in [0.25, 0.3) is 0 Å². The number of pyridine rings is 1. The highest BCUT2D eigenvalue weighted by Gasteiger charge is 2.23. The second-order valence-corrected chi connectivity index (χ2v) is 4.58. The number of carboxylic acids is 1. The minimum atomic E-state index is -1.25. The Kier molecular flexibility index (Phi) is 5.11. The fourth-order valence-electron chi connectivity index (χ4n) is 1.88. The first kappa shape index (κ1) is 15.2. The molecule has 1 atom stereocenters. The molecule has 0 aromatic carbocycles. The summed E-state index contributed by atoms with van der Waals surface area (Å²) in [6, 6.07) is 1.69. The first-order valence-electron chi connectivity index (χ1n) is 6.15. The summed E-state index contributed by atoms with van der Waals surface area (Å²) in [6.45, 7) is 6.33. The van der Waals surface area contributed by atoms with Crippen molar-refractivity contribution in [2.75, 3.05) is 13.2 Å². The summed E-state index contributed by atoms with van der Waals surface area (Å²) in [5, 5.41) is 18.5. The van der Waals surface area contributed by atoms with Crippen LogP contribution in [0.1, 0.15) is 37.3 Å². The third kappa shape index (κ3) is 3.57. The van der Waals surface area contributed by atoms with Crippen LogP contribution in [0, 0.1) is 5.92 Å². The van der Waals surface area contributed by atoms with Crippen LogP contribution in [0.2, 0.25) is 0 Å². The normalized spacial score (nSPS) is 12.6. The maximum absolute atomic E-state index is 12.0. The molecule has 0 radical (unpaired) electrons. The van der Waals surface area contributed by atoms with Crippen molar-refractivity contribution in [3.05, 3.63) is 28.2 Å². The van der Waals surface area contributed by atoms with Crippen LogP contribution >= 0.6 is 0 Å². The summed E-state index contributed by atoms with van der Waals surface area (Å²) in [6.07, 6.45) is 0. The quantitative estimate of drug-likeness (QED) is 0.816. The topological polar surface area (TPSA) is 88.8 Å². The Hall–Kier alpha value is -1.82. The molecule has 1 heterocycles. The van der Waals surface area contributed by atoms with Gasteiger partial charge in [0.25, 0.3) is 5.56 Å². The van der Waals surface area contributed by atoms with E-state index in [0.29, 0.717) is 6.61 Å². The number of nitrogens with zero attached hydrogens (tertiary/aromatic N) is 1. The number of aromatic carboxylic acids is 1. The minimum Gasteiger partial charge on any atom is -0.508 e. The zero-order valence-corrected chi connectivity index (χ0v) is 11.3. The lowest BCUT2D eigenvalue weighted by Crippen LogP contribution is -2.34. The van der Waals surface area contributed by atoms with E-state index in [1.54, 1.807) is 0 Å². The van der Waals surface area contributed by atoms with E-state index in [1.165, 1.54) is 4.57 Å². The van der Waals surface area contributed by atoms with E-state index in [0.717, 1.165) is 12.1 Å². The van der Waals surface area contributed by atoms with Crippen molar-refractivity contribution in [3.63, 3.8) is 0 Å². The summed E-state index contributed by atoms with van der Waals surface area (Å²) in [5.41, 5.74) is -0.779. The number of hydrogen-bond donors (Lipinski definition) is 2. The number of carbonyl (C=O) groups is 1. The van der Waals surface area contributed by atoms with Gasteiger partial charge in [-0.3, -0.25) is 9.36 Å². The monoisotopic (exact) mass is 269 g/mol. The maximum atomic E-state index is 12.0. The minimum absolute atomic E-state index is 0.0203. The fourth-order valence-corrected chi connectivity index (χ4v) is 1.88. The smallest absolute Gasteiger partial charge is 0.352 e. The molecule has 1 unspecified atom stereocenters. The van der Waals surface area contributed by atoms with Crippen LogP contribution in [0.3, 0.4) is 0 Å². The molecule has 1 rings (SSSR count). The van der Waals surface area contributed by atoms with E-state index >= 15 is 0 Å². The zero-order chi connectivity index (χ0) is 14.6. The van der Waals surface area contributed by atoms with Crippen molar-refractivity contribution in [3.8, 4) is 5.75 Å². The van der Waals surface area contributed by atoms with Crippen molar-refractivity contribution in [1.82, 2.24) is 4.57 Å². The number of rotatable bonds is 6. The molecule has 0 bridgehead atoms. The Labute approximate surface area is 111 Å². The molecule has 0 saturated carbocycles. The summed E-state index contributed by atoms with van der Waals surface area (Å²) in [4.78, 5) is 23.2. The highest BCUT2D eigenvalue weighted by Crippen LogP contribution is 2.20. The Morgan fingerprint density at radius 1 is 1.42 bits per heavy atom. The molecule has 0 spiro atoms. The summed E-state index contributed by atoms with van der Waals surface area (Å²) in [7, 11) is 0. The van der Waals surface area contributed by atoms with Gasteiger partial charge >= 0.3 is 5.97 Å². The Bertz CT molecular complexity index is 506. The molecule has 2 N–H and O–H groups in total. The van der Waals surface area contributed by atoms with Gasteiger partial charge < -0.3 is 14.9 Å². The molecule has 0 amide bonds. The van der Waals surface area contributed by atoms with Crippen LogP contribution in [-0.2, 0) is 4.74 Å². The second kappa shape index (κ2) is 6.38. The van der Waals surface area contributed by atoms with Crippen molar-refractivity contribution >= 4 is 5.97 Å². The zero-order valence-electron chi connectivity index (χ0n) is 11.3. The molecular weight excluding hydrogens is 250 g/mol. The van der Waals surface area contributed by atoms with Gasteiger partial charge in [0.2, 0.25) is 0 Å². The van der Waals surface area contributed by atoms with E-state index in [-0.39, 0.29) is 30.0 Å². The molecule has 0 aliphatic heterocycles. The second-order valence-electron chi connectivity index (χ2n) is 4.58. The number of aromatic hydroxyl groups is 1. The van der Waals surface area contributed by atoms with E-state index in [2.05, 4.69) is 0 Å². The molecule has 6 nitrogen and oxygen atoms in total. The van der Waals surface area contributed by atoms with Crippen LogP contribution in [0.5, 0.6) is 5.75 Å². The summed E-state index contributed by atoms with van der Waals surface area (Å²) in [5.74, 6) is -1.58. The lowest BCUT2D eigenvalue weighted by atomic mass is 10.0. The van der Waals surface area contributed by atoms with Crippen LogP contribution in [0.4, 0.5) is 0 Å². The highest BCUT2D eigenvalue weighted by atomic mass is 16.5. The van der Waals surface area contributed by atoms with Crippen LogP contribution in [-0.4, -0.2) is 34.0 Å². The largest absolute Gasteiger partial charge is 0.508 e. The van der Waals surface area contributed by atoms with E-state index in [1.807, 2.05) is 20.8 Å². The average Bonchev–Trinajstić information content (AvgIpc) is 2.30. The molecule has 1 aromatic heterocycles. The summed E-state index contributed by atoms with van der Waals surface area (Å²) >= 11 is 0. The Balaban J connectivity index is 3.36. The lowest BCUT2D eigenvalue weighted by Gasteiger charge is -2.25. The SMILES string of the molecule is CCOCC(C(C)C)n1c(C(=O)O)cc(O)cc1=O. The van der Waals surface area contributed by atoms with Gasteiger partial charge in [-0.25, -0.2) is 4.79 Å². The number of carboxylic acid groups (broad SMARTS) is 1. The summed E-state index contributed by atoms with van der Waals surface area (Å²) < 4.78 is 6.49. The fraction of sp³-hybridized carbons (Fsp3) is 0.538. The first-order chi connectivity index (χ1) is 8.88. The van der Waals surface area contributed by atoms with Crippen molar-refractivity contribution in [2.45, 2.75) is 26.8 Å². The van der Waals surface area contributed by atoms with E-state index in [9.17, 15) is 14.7 Å². The number of hydrogen-bond acceptors (Lipinski definition) is 4. The maximum Gasteiger partial charge on any atom is 0.352 e. The standard InChI is InChI=1S/C13H19NO5/c1-4-19-7-11(8(2)3)14-10(13(17)18)5-9(15)6-12(14)16/h5-6,8,11,15H,4,7H2,1-3H3,(H,17,18). The van der Waals surface area contributed by atoms with Crippen LogP contribution < -0.4 is 5.56 Å². The van der Waals surface area contributed by atoms with Gasteiger partial charge in [0.1, 0.15) is 11.4 Å². The highest BCUT2D eigenvalue weighted by molar-refractivity contribution is 5.86. The predicted molar refractivity (Wildman–Crippen MR) is 69.7 cm³/mol. The molecular formula is C13H19NO5. The van der Waals surface area contributed by atoms with E-state index < -0.39 is 11.5 Å².